The van der Waals surface area contributed by atoms with Crippen molar-refractivity contribution in [2.45, 2.75) is 31.8 Å². The lowest BCUT2D eigenvalue weighted by molar-refractivity contribution is -0.132. The number of amides is 2. The minimum atomic E-state index is -0.326. The van der Waals surface area contributed by atoms with E-state index in [0.717, 1.165) is 40.5 Å². The zero-order valence-corrected chi connectivity index (χ0v) is 19.3. The summed E-state index contributed by atoms with van der Waals surface area (Å²) in [5.74, 6) is -0.299. The number of carbonyl (C=O) groups excluding carboxylic acids is 2. The first kappa shape index (κ1) is 22.1. The molecule has 6 nitrogen and oxygen atoms in total. The molecule has 32 heavy (non-hydrogen) atoms. The maximum atomic E-state index is 12.9. The first-order chi connectivity index (χ1) is 15.4. The van der Waals surface area contributed by atoms with Crippen molar-refractivity contribution in [1.29, 1.82) is 0 Å². The largest absolute Gasteiger partial charge is 0.369 e. The van der Waals surface area contributed by atoms with Crippen LogP contribution in [0.1, 0.15) is 24.0 Å². The second-order valence-corrected chi connectivity index (χ2v) is 9.23. The summed E-state index contributed by atoms with van der Waals surface area (Å²) >= 11 is 1.43. The van der Waals surface area contributed by atoms with Crippen LogP contribution in [0.3, 0.4) is 0 Å². The third kappa shape index (κ3) is 4.72. The second-order valence-electron chi connectivity index (χ2n) is 8.29. The molecule has 166 valence electrons. The van der Waals surface area contributed by atoms with E-state index in [-0.39, 0.29) is 23.5 Å². The van der Waals surface area contributed by atoms with Gasteiger partial charge in [0.1, 0.15) is 0 Å². The number of hydrogen-bond donors (Lipinski definition) is 1. The lowest BCUT2D eigenvalue weighted by Crippen LogP contribution is -2.44. The Bertz CT molecular complexity index is 1130. The summed E-state index contributed by atoms with van der Waals surface area (Å²) in [5, 5.41) is 0.771. The highest BCUT2D eigenvalue weighted by Gasteiger charge is 2.27. The van der Waals surface area contributed by atoms with E-state index >= 15 is 0 Å². The van der Waals surface area contributed by atoms with E-state index in [1.807, 2.05) is 24.4 Å². The van der Waals surface area contributed by atoms with Gasteiger partial charge in [-0.2, -0.15) is 0 Å². The summed E-state index contributed by atoms with van der Waals surface area (Å²) in [6.45, 7) is 5.25. The highest BCUT2D eigenvalue weighted by molar-refractivity contribution is 7.99. The normalized spacial score (nSPS) is 16.2. The summed E-state index contributed by atoms with van der Waals surface area (Å²) in [5.41, 5.74) is 10.9. The van der Waals surface area contributed by atoms with Crippen molar-refractivity contribution in [3.63, 3.8) is 0 Å². The van der Waals surface area contributed by atoms with Crippen molar-refractivity contribution < 1.29 is 9.59 Å². The highest BCUT2D eigenvalue weighted by Crippen LogP contribution is 2.32. The second kappa shape index (κ2) is 9.61. The first-order valence-electron chi connectivity index (χ1n) is 10.8. The summed E-state index contributed by atoms with van der Waals surface area (Å²) in [6, 6.07) is 16.5. The Morgan fingerprint density at radius 2 is 1.94 bits per heavy atom. The van der Waals surface area contributed by atoms with E-state index in [0.29, 0.717) is 13.1 Å². The fraction of sp³-hybridized carbons (Fsp3) is 0.320. The van der Waals surface area contributed by atoms with Gasteiger partial charge in [0.05, 0.1) is 29.2 Å². The van der Waals surface area contributed by atoms with E-state index in [2.05, 4.69) is 53.7 Å². The summed E-state index contributed by atoms with van der Waals surface area (Å²) < 4.78 is 2.13. The molecule has 1 fully saturated rings. The molecule has 0 unspecified atom stereocenters. The number of likely N-dealkylation sites (tertiary alicyclic amines) is 1. The average Bonchev–Trinajstić information content (AvgIpc) is 3.21. The number of aromatic nitrogens is 2. The number of carbonyl (C=O) groups is 2. The first-order valence-corrected chi connectivity index (χ1v) is 11.8. The van der Waals surface area contributed by atoms with Gasteiger partial charge in [0, 0.05) is 18.7 Å². The number of piperidine rings is 1. The van der Waals surface area contributed by atoms with Crippen molar-refractivity contribution in [3.8, 4) is 16.9 Å². The molecule has 2 heterocycles. The van der Waals surface area contributed by atoms with Gasteiger partial charge in [0.15, 0.2) is 5.16 Å². The van der Waals surface area contributed by atoms with Gasteiger partial charge in [-0.05, 0) is 38.3 Å². The quantitative estimate of drug-likeness (QED) is 0.579. The number of nitrogens with zero attached hydrogens (tertiary/aromatic N) is 3. The summed E-state index contributed by atoms with van der Waals surface area (Å²) in [6.07, 6.45) is 3.43. The van der Waals surface area contributed by atoms with E-state index in [9.17, 15) is 9.59 Å². The molecule has 4 rings (SSSR count). The van der Waals surface area contributed by atoms with Crippen LogP contribution in [0, 0.1) is 19.8 Å². The molecule has 0 bridgehead atoms. The molecule has 2 aromatic carbocycles. The minimum Gasteiger partial charge on any atom is -0.369 e. The SMILES string of the molecule is Cc1ccc(-n2c(-c3ccccc3)cnc2SCC(=O)N2CCC[C@H](C(N)=O)C2)c(C)c1. The Morgan fingerprint density at radius 3 is 2.66 bits per heavy atom. The Labute approximate surface area is 192 Å². The minimum absolute atomic E-state index is 0.0115. The van der Waals surface area contributed by atoms with Gasteiger partial charge < -0.3 is 10.6 Å². The number of aryl methyl sites for hydroxylation is 2. The molecular formula is C25H28N4O2S. The van der Waals surface area contributed by atoms with Gasteiger partial charge in [-0.15, -0.1) is 0 Å². The smallest absolute Gasteiger partial charge is 0.233 e. The van der Waals surface area contributed by atoms with Gasteiger partial charge in [0.2, 0.25) is 11.8 Å². The van der Waals surface area contributed by atoms with Crippen LogP contribution in [-0.2, 0) is 9.59 Å². The van der Waals surface area contributed by atoms with Crippen molar-refractivity contribution in [2.24, 2.45) is 11.7 Å². The summed E-state index contributed by atoms with van der Waals surface area (Å²) in [7, 11) is 0. The molecule has 1 aliphatic heterocycles. The van der Waals surface area contributed by atoms with Crippen LogP contribution in [0.5, 0.6) is 0 Å². The lowest BCUT2D eigenvalue weighted by atomic mass is 9.97. The van der Waals surface area contributed by atoms with Crippen LogP contribution in [0.2, 0.25) is 0 Å². The zero-order chi connectivity index (χ0) is 22.7. The molecule has 7 heteroatoms. The number of imidazole rings is 1. The van der Waals surface area contributed by atoms with Gasteiger partial charge in [-0.3, -0.25) is 14.2 Å². The topological polar surface area (TPSA) is 81.2 Å². The van der Waals surface area contributed by atoms with Gasteiger partial charge in [-0.1, -0.05) is 59.8 Å². The van der Waals surface area contributed by atoms with E-state index in [1.165, 1.54) is 17.3 Å². The molecule has 0 saturated carbocycles. The van der Waals surface area contributed by atoms with E-state index in [1.54, 1.807) is 4.90 Å². The zero-order valence-electron chi connectivity index (χ0n) is 18.5. The molecule has 0 aliphatic carbocycles. The molecule has 1 aromatic heterocycles. The predicted molar refractivity (Wildman–Crippen MR) is 128 cm³/mol. The monoisotopic (exact) mass is 448 g/mol. The Balaban J connectivity index is 1.61. The Hall–Kier alpha value is -3.06. The van der Waals surface area contributed by atoms with Crippen molar-refractivity contribution in [3.05, 3.63) is 65.9 Å². The average molecular weight is 449 g/mol. The number of primary amides is 1. The number of thioether (sulfide) groups is 1. The Morgan fingerprint density at radius 1 is 1.16 bits per heavy atom. The standard InChI is InChI=1S/C25H28N4O2S/c1-17-10-11-21(18(2)13-17)29-22(19-7-4-3-5-8-19)14-27-25(29)32-16-23(30)28-12-6-9-20(15-28)24(26)31/h3-5,7-8,10-11,13-14,20H,6,9,12,15-16H2,1-2H3,(H2,26,31)/t20-/m0/s1. The Kier molecular flexibility index (Phi) is 6.65. The van der Waals surface area contributed by atoms with Crippen LogP contribution >= 0.6 is 11.8 Å². The maximum absolute atomic E-state index is 12.9. The molecular weight excluding hydrogens is 420 g/mol. The van der Waals surface area contributed by atoms with Crippen LogP contribution in [-0.4, -0.2) is 45.1 Å². The molecule has 2 N–H and O–H groups in total. The molecule has 0 radical (unpaired) electrons. The van der Waals surface area contributed by atoms with Crippen molar-refractivity contribution in [1.82, 2.24) is 14.5 Å². The van der Waals surface area contributed by atoms with Crippen molar-refractivity contribution in [2.75, 3.05) is 18.8 Å². The van der Waals surface area contributed by atoms with Crippen LogP contribution in [0.4, 0.5) is 0 Å². The fourth-order valence-corrected chi connectivity index (χ4v) is 5.08. The van der Waals surface area contributed by atoms with Gasteiger partial charge in [-0.25, -0.2) is 4.98 Å². The van der Waals surface area contributed by atoms with Gasteiger partial charge >= 0.3 is 0 Å². The third-order valence-electron chi connectivity index (χ3n) is 5.89. The van der Waals surface area contributed by atoms with Crippen LogP contribution in [0.15, 0.2) is 59.9 Å². The van der Waals surface area contributed by atoms with E-state index in [4.69, 9.17) is 5.73 Å². The predicted octanol–water partition coefficient (Wildman–Crippen LogP) is 3.97. The summed E-state index contributed by atoms with van der Waals surface area (Å²) in [4.78, 5) is 30.9. The maximum Gasteiger partial charge on any atom is 0.233 e. The molecule has 0 spiro atoms. The van der Waals surface area contributed by atoms with Crippen molar-refractivity contribution >= 4 is 23.6 Å². The molecule has 1 atom stereocenters. The third-order valence-corrected chi connectivity index (χ3v) is 6.83. The number of nitrogens with two attached hydrogens (primary N) is 1. The highest BCUT2D eigenvalue weighted by atomic mass is 32.2. The van der Waals surface area contributed by atoms with E-state index < -0.39 is 0 Å². The van der Waals surface area contributed by atoms with Crippen LogP contribution < -0.4 is 5.73 Å². The van der Waals surface area contributed by atoms with Crippen LogP contribution in [0.25, 0.3) is 16.9 Å². The molecule has 3 aromatic rings. The molecule has 1 aliphatic rings. The molecule has 2 amide bonds. The lowest BCUT2D eigenvalue weighted by Gasteiger charge is -2.31. The number of rotatable bonds is 6. The fourth-order valence-electron chi connectivity index (χ4n) is 4.19. The molecule has 1 saturated heterocycles. The van der Waals surface area contributed by atoms with Gasteiger partial charge in [0.25, 0.3) is 0 Å². The number of hydrogen-bond acceptors (Lipinski definition) is 4. The number of benzene rings is 2.